The minimum Gasteiger partial charge on any atom is -0.507 e. The van der Waals surface area contributed by atoms with Gasteiger partial charge in [-0.3, -0.25) is 9.89 Å². The van der Waals surface area contributed by atoms with Crippen LogP contribution < -0.4 is 0 Å². The quantitative estimate of drug-likeness (QED) is 0.726. The number of amides is 1. The topological polar surface area (TPSA) is 69.2 Å². The van der Waals surface area contributed by atoms with Crippen LogP contribution in [0.2, 0.25) is 0 Å². The number of carbonyl (C=O) groups is 1. The van der Waals surface area contributed by atoms with Crippen molar-refractivity contribution in [2.24, 2.45) is 0 Å². The van der Waals surface area contributed by atoms with Crippen molar-refractivity contribution in [3.8, 4) is 17.0 Å². The molecular weight excluding hydrogens is 338 g/mol. The van der Waals surface area contributed by atoms with Crippen molar-refractivity contribution < 1.29 is 9.90 Å². The highest BCUT2D eigenvalue weighted by Crippen LogP contribution is 2.44. The van der Waals surface area contributed by atoms with Crippen LogP contribution in [0.15, 0.2) is 42.5 Å². The molecule has 0 aliphatic carbocycles. The van der Waals surface area contributed by atoms with Crippen molar-refractivity contribution in [2.45, 2.75) is 33.2 Å². The lowest BCUT2D eigenvalue weighted by Crippen LogP contribution is -2.30. The van der Waals surface area contributed by atoms with Crippen LogP contribution in [-0.4, -0.2) is 32.7 Å². The van der Waals surface area contributed by atoms with E-state index in [-0.39, 0.29) is 17.7 Å². The van der Waals surface area contributed by atoms with Crippen LogP contribution in [0, 0.1) is 13.8 Å². The number of rotatable bonds is 4. The van der Waals surface area contributed by atoms with Gasteiger partial charge in [-0.1, -0.05) is 48.4 Å². The molecule has 2 N–H and O–H groups in total. The summed E-state index contributed by atoms with van der Waals surface area (Å²) in [7, 11) is 0. The Morgan fingerprint density at radius 2 is 1.81 bits per heavy atom. The Hall–Kier alpha value is -3.08. The molecule has 3 aromatic rings. The van der Waals surface area contributed by atoms with Gasteiger partial charge in [0.05, 0.1) is 6.04 Å². The van der Waals surface area contributed by atoms with E-state index >= 15 is 0 Å². The van der Waals surface area contributed by atoms with Gasteiger partial charge in [-0.15, -0.1) is 0 Å². The molecule has 27 heavy (non-hydrogen) atoms. The third kappa shape index (κ3) is 2.79. The van der Waals surface area contributed by atoms with Gasteiger partial charge in [0.2, 0.25) is 0 Å². The number of aromatic hydroxyl groups is 1. The van der Waals surface area contributed by atoms with Crippen LogP contribution in [0.3, 0.4) is 0 Å². The maximum Gasteiger partial charge on any atom is 0.273 e. The maximum atomic E-state index is 13.0. The Labute approximate surface area is 158 Å². The number of phenolic OH excluding ortho intramolecular Hbond substituents is 1. The standard InChI is InChI=1S/C22H23N3O2/c1-4-11-25-21(15-8-5-13(2)6-9-15)18-19(23-24-20(18)22(25)27)16-12-14(3)7-10-17(16)26/h5-10,12,21,26H,4,11H2,1-3H3,(H,23,24). The Morgan fingerprint density at radius 3 is 2.52 bits per heavy atom. The molecule has 0 saturated carbocycles. The molecule has 2 aromatic carbocycles. The number of H-pyrrole nitrogens is 1. The zero-order valence-corrected chi connectivity index (χ0v) is 15.8. The van der Waals surface area contributed by atoms with Gasteiger partial charge in [0.25, 0.3) is 5.91 Å². The molecule has 138 valence electrons. The second-order valence-electron chi connectivity index (χ2n) is 7.19. The number of nitrogens with zero attached hydrogens (tertiary/aromatic N) is 2. The highest BCUT2D eigenvalue weighted by molar-refractivity contribution is 6.00. The van der Waals surface area contributed by atoms with E-state index in [4.69, 9.17) is 0 Å². The van der Waals surface area contributed by atoms with Crippen LogP contribution in [0.1, 0.15) is 52.1 Å². The summed E-state index contributed by atoms with van der Waals surface area (Å²) >= 11 is 0. The number of hydrogen-bond acceptors (Lipinski definition) is 3. The minimum absolute atomic E-state index is 0.0386. The summed E-state index contributed by atoms with van der Waals surface area (Å²) in [6.45, 7) is 6.76. The number of nitrogens with one attached hydrogen (secondary N) is 1. The van der Waals surface area contributed by atoms with Crippen molar-refractivity contribution in [3.63, 3.8) is 0 Å². The van der Waals surface area contributed by atoms with Crippen LogP contribution in [0.5, 0.6) is 5.75 Å². The first kappa shape index (κ1) is 17.3. The van der Waals surface area contributed by atoms with Gasteiger partial charge in [0.1, 0.15) is 17.1 Å². The highest BCUT2D eigenvalue weighted by atomic mass is 16.3. The van der Waals surface area contributed by atoms with Crippen molar-refractivity contribution in [3.05, 3.63) is 70.4 Å². The molecule has 5 nitrogen and oxygen atoms in total. The van der Waals surface area contributed by atoms with Crippen molar-refractivity contribution in [2.75, 3.05) is 6.54 Å². The van der Waals surface area contributed by atoms with Gasteiger partial charge in [-0.25, -0.2) is 0 Å². The maximum absolute atomic E-state index is 13.0. The fraction of sp³-hybridized carbons (Fsp3) is 0.273. The Bertz CT molecular complexity index is 1000. The Balaban J connectivity index is 1.92. The van der Waals surface area contributed by atoms with Gasteiger partial charge in [0, 0.05) is 17.7 Å². The lowest BCUT2D eigenvalue weighted by molar-refractivity contribution is 0.0744. The monoisotopic (exact) mass is 361 g/mol. The van der Waals surface area contributed by atoms with E-state index in [0.29, 0.717) is 23.5 Å². The molecular formula is C22H23N3O2. The summed E-state index contributed by atoms with van der Waals surface area (Å²) in [6.07, 6.45) is 0.872. The molecule has 0 spiro atoms. The third-order valence-corrected chi connectivity index (χ3v) is 5.13. The highest BCUT2D eigenvalue weighted by Gasteiger charge is 2.42. The number of phenols is 1. The zero-order valence-electron chi connectivity index (χ0n) is 15.8. The molecule has 1 aliphatic rings. The number of aromatic amines is 1. The number of aryl methyl sites for hydroxylation is 2. The van der Waals surface area contributed by atoms with Gasteiger partial charge >= 0.3 is 0 Å². The van der Waals surface area contributed by atoms with Crippen LogP contribution in [0.25, 0.3) is 11.3 Å². The van der Waals surface area contributed by atoms with Crippen molar-refractivity contribution in [1.29, 1.82) is 0 Å². The molecule has 0 saturated heterocycles. The molecule has 0 radical (unpaired) electrons. The number of benzene rings is 2. The minimum atomic E-state index is -0.207. The SMILES string of the molecule is CCCN1C(=O)c2[nH]nc(-c3cc(C)ccc3O)c2C1c1ccc(C)cc1. The molecule has 0 bridgehead atoms. The van der Waals surface area contributed by atoms with Crippen molar-refractivity contribution >= 4 is 5.91 Å². The van der Waals surface area contributed by atoms with Crippen LogP contribution in [0.4, 0.5) is 0 Å². The molecule has 5 heteroatoms. The number of fused-ring (bicyclic) bond motifs is 1. The molecule has 2 heterocycles. The van der Waals surface area contributed by atoms with E-state index in [2.05, 4.69) is 41.4 Å². The van der Waals surface area contributed by atoms with E-state index in [9.17, 15) is 9.90 Å². The van der Waals surface area contributed by atoms with E-state index in [1.54, 1.807) is 6.07 Å². The molecule has 1 aliphatic heterocycles. The Kier molecular flexibility index (Phi) is 4.22. The molecule has 1 aromatic heterocycles. The summed E-state index contributed by atoms with van der Waals surface area (Å²) in [5.41, 5.74) is 5.91. The average molecular weight is 361 g/mol. The second kappa shape index (κ2) is 6.58. The van der Waals surface area contributed by atoms with E-state index < -0.39 is 0 Å². The fourth-order valence-electron chi connectivity index (χ4n) is 3.81. The summed E-state index contributed by atoms with van der Waals surface area (Å²) in [5.74, 6) is 0.127. The predicted octanol–water partition coefficient (Wildman–Crippen LogP) is 4.35. The molecule has 1 unspecified atom stereocenters. The van der Waals surface area contributed by atoms with Gasteiger partial charge < -0.3 is 10.0 Å². The Morgan fingerprint density at radius 1 is 1.11 bits per heavy atom. The zero-order chi connectivity index (χ0) is 19.1. The fourth-order valence-corrected chi connectivity index (χ4v) is 3.81. The second-order valence-corrected chi connectivity index (χ2v) is 7.19. The average Bonchev–Trinajstić information content (AvgIpc) is 3.19. The lowest BCUT2D eigenvalue weighted by atomic mass is 9.94. The van der Waals surface area contributed by atoms with Crippen LogP contribution in [-0.2, 0) is 0 Å². The number of hydrogen-bond donors (Lipinski definition) is 2. The van der Waals surface area contributed by atoms with Gasteiger partial charge in [-0.05, 0) is 38.0 Å². The predicted molar refractivity (Wildman–Crippen MR) is 105 cm³/mol. The largest absolute Gasteiger partial charge is 0.507 e. The third-order valence-electron chi connectivity index (χ3n) is 5.13. The van der Waals surface area contributed by atoms with Gasteiger partial charge in [0.15, 0.2) is 0 Å². The first-order valence-corrected chi connectivity index (χ1v) is 9.27. The first-order chi connectivity index (χ1) is 13.0. The van der Waals surface area contributed by atoms with E-state index in [1.807, 2.05) is 30.9 Å². The summed E-state index contributed by atoms with van der Waals surface area (Å²) in [5, 5.41) is 17.8. The van der Waals surface area contributed by atoms with Gasteiger partial charge in [-0.2, -0.15) is 5.10 Å². The normalized spacial score (nSPS) is 16.0. The first-order valence-electron chi connectivity index (χ1n) is 9.27. The molecule has 4 rings (SSSR count). The van der Waals surface area contributed by atoms with Crippen molar-refractivity contribution in [1.82, 2.24) is 15.1 Å². The molecule has 1 atom stereocenters. The summed E-state index contributed by atoms with van der Waals surface area (Å²) in [6, 6.07) is 13.5. The number of carbonyl (C=O) groups excluding carboxylic acids is 1. The lowest BCUT2D eigenvalue weighted by Gasteiger charge is -2.26. The number of aromatic nitrogens is 2. The van der Waals surface area contributed by atoms with E-state index in [1.165, 1.54) is 5.56 Å². The molecule has 1 amide bonds. The smallest absolute Gasteiger partial charge is 0.273 e. The molecule has 0 fully saturated rings. The van der Waals surface area contributed by atoms with Crippen LogP contribution >= 0.6 is 0 Å². The van der Waals surface area contributed by atoms with E-state index in [0.717, 1.165) is 23.1 Å². The summed E-state index contributed by atoms with van der Waals surface area (Å²) in [4.78, 5) is 14.9. The summed E-state index contributed by atoms with van der Waals surface area (Å²) < 4.78 is 0.